The molecule has 0 aliphatic heterocycles. The van der Waals surface area contributed by atoms with Gasteiger partial charge in [-0.05, 0) is 59.5 Å². The lowest BCUT2D eigenvalue weighted by Crippen LogP contribution is -2.23. The Balaban J connectivity index is 1.38. The fourth-order valence-electron chi connectivity index (χ4n) is 2.84. The van der Waals surface area contributed by atoms with E-state index in [1.165, 1.54) is 29.1 Å². The third kappa shape index (κ3) is 5.93. The Hall–Kier alpha value is -3.16. The van der Waals surface area contributed by atoms with E-state index in [1.54, 1.807) is 35.4 Å². The van der Waals surface area contributed by atoms with E-state index < -0.39 is 0 Å². The molecule has 2 aromatic carbocycles. The van der Waals surface area contributed by atoms with Gasteiger partial charge in [0.25, 0.3) is 5.91 Å². The summed E-state index contributed by atoms with van der Waals surface area (Å²) in [7, 11) is 0. The molecule has 0 aliphatic rings. The molecule has 0 saturated heterocycles. The molecule has 0 radical (unpaired) electrons. The van der Waals surface area contributed by atoms with Crippen molar-refractivity contribution in [3.63, 3.8) is 0 Å². The van der Waals surface area contributed by atoms with E-state index in [0.29, 0.717) is 23.7 Å². The number of halogens is 1. The van der Waals surface area contributed by atoms with Gasteiger partial charge in [0.15, 0.2) is 0 Å². The van der Waals surface area contributed by atoms with Gasteiger partial charge in [0, 0.05) is 34.3 Å². The highest BCUT2D eigenvalue weighted by molar-refractivity contribution is 7.98. The molecule has 0 spiro atoms. The standard InChI is InChI=1S/C24H19FN2O2S2/c25-18-7-9-19(10-8-18)29-23-14-17(11-12-26-23)15-27-24(28)21-5-1-2-6-22(21)31-16-20-4-3-13-30-20/h1-14H,15-16H2,(H,27,28). The van der Waals surface area contributed by atoms with E-state index in [0.717, 1.165) is 16.2 Å². The molecule has 31 heavy (non-hydrogen) atoms. The monoisotopic (exact) mass is 450 g/mol. The first-order valence-corrected chi connectivity index (χ1v) is 11.4. The van der Waals surface area contributed by atoms with Crippen LogP contribution in [0.15, 0.2) is 89.3 Å². The van der Waals surface area contributed by atoms with E-state index in [1.807, 2.05) is 36.4 Å². The number of amides is 1. The van der Waals surface area contributed by atoms with Gasteiger partial charge >= 0.3 is 0 Å². The van der Waals surface area contributed by atoms with Gasteiger partial charge in [-0.25, -0.2) is 9.37 Å². The number of rotatable bonds is 8. The Morgan fingerprint density at radius 2 is 1.90 bits per heavy atom. The number of aromatic nitrogens is 1. The Labute approximate surface area is 188 Å². The summed E-state index contributed by atoms with van der Waals surface area (Å²) >= 11 is 3.36. The molecule has 4 rings (SSSR count). The van der Waals surface area contributed by atoms with Crippen LogP contribution in [0.4, 0.5) is 4.39 Å². The molecule has 7 heteroatoms. The summed E-state index contributed by atoms with van der Waals surface area (Å²) in [4.78, 5) is 19.2. The van der Waals surface area contributed by atoms with Crippen molar-refractivity contribution in [2.75, 3.05) is 0 Å². The van der Waals surface area contributed by atoms with Crippen molar-refractivity contribution in [1.82, 2.24) is 10.3 Å². The molecule has 0 unspecified atom stereocenters. The van der Waals surface area contributed by atoms with Gasteiger partial charge in [-0.1, -0.05) is 18.2 Å². The SMILES string of the molecule is O=C(NCc1ccnc(Oc2ccc(F)cc2)c1)c1ccccc1SCc1cccs1. The first-order valence-electron chi connectivity index (χ1n) is 9.58. The van der Waals surface area contributed by atoms with Gasteiger partial charge < -0.3 is 10.1 Å². The minimum Gasteiger partial charge on any atom is -0.439 e. The predicted molar refractivity (Wildman–Crippen MR) is 122 cm³/mol. The highest BCUT2D eigenvalue weighted by atomic mass is 32.2. The normalized spacial score (nSPS) is 10.6. The van der Waals surface area contributed by atoms with Crippen LogP contribution in [-0.4, -0.2) is 10.9 Å². The largest absolute Gasteiger partial charge is 0.439 e. The van der Waals surface area contributed by atoms with Crippen molar-refractivity contribution < 1.29 is 13.9 Å². The Morgan fingerprint density at radius 3 is 2.71 bits per heavy atom. The van der Waals surface area contributed by atoms with Crippen LogP contribution < -0.4 is 10.1 Å². The van der Waals surface area contributed by atoms with Crippen molar-refractivity contribution in [3.05, 3.63) is 106 Å². The summed E-state index contributed by atoms with van der Waals surface area (Å²) in [5.41, 5.74) is 1.50. The van der Waals surface area contributed by atoms with Crippen molar-refractivity contribution >= 4 is 29.0 Å². The van der Waals surface area contributed by atoms with Crippen molar-refractivity contribution in [2.45, 2.75) is 17.2 Å². The molecule has 156 valence electrons. The summed E-state index contributed by atoms with van der Waals surface area (Å²) < 4.78 is 18.7. The third-order valence-electron chi connectivity index (χ3n) is 4.37. The van der Waals surface area contributed by atoms with Crippen LogP contribution in [0.1, 0.15) is 20.8 Å². The minimum atomic E-state index is -0.328. The van der Waals surface area contributed by atoms with Crippen molar-refractivity contribution in [1.29, 1.82) is 0 Å². The lowest BCUT2D eigenvalue weighted by Gasteiger charge is -2.10. The van der Waals surface area contributed by atoms with Gasteiger partial charge in [0.2, 0.25) is 5.88 Å². The van der Waals surface area contributed by atoms with E-state index in [2.05, 4.69) is 21.7 Å². The van der Waals surface area contributed by atoms with Crippen LogP contribution in [0, 0.1) is 5.82 Å². The van der Waals surface area contributed by atoms with Crippen molar-refractivity contribution in [3.8, 4) is 11.6 Å². The molecule has 0 bridgehead atoms. The number of pyridine rings is 1. The molecule has 1 N–H and O–H groups in total. The van der Waals surface area contributed by atoms with Gasteiger partial charge in [-0.15, -0.1) is 23.1 Å². The third-order valence-corrected chi connectivity index (χ3v) is 6.55. The summed E-state index contributed by atoms with van der Waals surface area (Å²) in [6.07, 6.45) is 1.62. The molecule has 4 nitrogen and oxygen atoms in total. The maximum Gasteiger partial charge on any atom is 0.252 e. The van der Waals surface area contributed by atoms with Gasteiger partial charge in [-0.3, -0.25) is 4.79 Å². The maximum atomic E-state index is 13.0. The Morgan fingerprint density at radius 1 is 1.06 bits per heavy atom. The number of thiophene rings is 1. The number of benzene rings is 2. The molecule has 2 aromatic heterocycles. The summed E-state index contributed by atoms with van der Waals surface area (Å²) in [5, 5.41) is 5.02. The number of hydrogen-bond donors (Lipinski definition) is 1. The lowest BCUT2D eigenvalue weighted by molar-refractivity contribution is 0.0948. The number of ether oxygens (including phenoxy) is 1. The number of carbonyl (C=O) groups is 1. The summed E-state index contributed by atoms with van der Waals surface area (Å²) in [5.74, 6) is 1.24. The number of nitrogens with one attached hydrogen (secondary N) is 1. The molecule has 1 amide bonds. The predicted octanol–water partition coefficient (Wildman–Crippen LogP) is 6.30. The zero-order chi connectivity index (χ0) is 21.5. The van der Waals surface area contributed by atoms with Crippen LogP contribution in [0.2, 0.25) is 0 Å². The first-order chi connectivity index (χ1) is 15.2. The fraction of sp³-hybridized carbons (Fsp3) is 0.0833. The molecule has 0 saturated carbocycles. The van der Waals surface area contributed by atoms with E-state index in [4.69, 9.17) is 4.74 Å². The molecular formula is C24H19FN2O2S2. The second-order valence-electron chi connectivity index (χ2n) is 6.61. The topological polar surface area (TPSA) is 51.2 Å². The van der Waals surface area contributed by atoms with E-state index in [9.17, 15) is 9.18 Å². The lowest BCUT2D eigenvalue weighted by atomic mass is 10.2. The summed E-state index contributed by atoms with van der Waals surface area (Å²) in [6, 6.07) is 21.0. The van der Waals surface area contributed by atoms with E-state index in [-0.39, 0.29) is 11.7 Å². The van der Waals surface area contributed by atoms with Crippen LogP contribution in [0.5, 0.6) is 11.6 Å². The van der Waals surface area contributed by atoms with Gasteiger partial charge in [-0.2, -0.15) is 0 Å². The van der Waals surface area contributed by atoms with Crippen LogP contribution in [-0.2, 0) is 12.3 Å². The van der Waals surface area contributed by atoms with Crippen LogP contribution in [0.3, 0.4) is 0 Å². The zero-order valence-corrected chi connectivity index (χ0v) is 18.1. The number of carbonyl (C=O) groups excluding carboxylic acids is 1. The average Bonchev–Trinajstić information content (AvgIpc) is 3.32. The van der Waals surface area contributed by atoms with Gasteiger partial charge in [0.1, 0.15) is 11.6 Å². The minimum absolute atomic E-state index is 0.132. The highest BCUT2D eigenvalue weighted by Crippen LogP contribution is 2.28. The molecule has 0 atom stereocenters. The Kier molecular flexibility index (Phi) is 6.96. The molecule has 0 fully saturated rings. The smallest absolute Gasteiger partial charge is 0.252 e. The first kappa shape index (κ1) is 21.1. The molecule has 0 aliphatic carbocycles. The Bertz CT molecular complexity index is 1150. The van der Waals surface area contributed by atoms with Crippen molar-refractivity contribution in [2.24, 2.45) is 0 Å². The quantitative estimate of drug-likeness (QED) is 0.320. The second-order valence-corrected chi connectivity index (χ2v) is 8.65. The molecular weight excluding hydrogens is 431 g/mol. The molecule has 4 aromatic rings. The molecule has 2 heterocycles. The average molecular weight is 451 g/mol. The summed E-state index contributed by atoms with van der Waals surface area (Å²) in [6.45, 7) is 0.338. The number of nitrogens with zero attached hydrogens (tertiary/aromatic N) is 1. The zero-order valence-electron chi connectivity index (χ0n) is 16.5. The number of hydrogen-bond acceptors (Lipinski definition) is 5. The maximum absolute atomic E-state index is 13.0. The second kappa shape index (κ2) is 10.2. The van der Waals surface area contributed by atoms with Crippen LogP contribution in [0.25, 0.3) is 0 Å². The fourth-order valence-corrected chi connectivity index (χ4v) is 4.66. The number of thioether (sulfide) groups is 1. The van der Waals surface area contributed by atoms with Gasteiger partial charge in [0.05, 0.1) is 5.56 Å². The van der Waals surface area contributed by atoms with Crippen LogP contribution >= 0.6 is 23.1 Å². The highest BCUT2D eigenvalue weighted by Gasteiger charge is 2.12. The van der Waals surface area contributed by atoms with E-state index >= 15 is 0 Å².